The highest BCUT2D eigenvalue weighted by atomic mass is 35.5. The average Bonchev–Trinajstić information content (AvgIpc) is 2.38. The molecule has 0 saturated heterocycles. The molecule has 1 aromatic carbocycles. The van der Waals surface area contributed by atoms with Gasteiger partial charge in [0.2, 0.25) is 0 Å². The SMILES string of the molecule is Clc1ccc(NCCCc2ccccc2)nn1. The molecule has 0 radical (unpaired) electrons. The highest BCUT2D eigenvalue weighted by molar-refractivity contribution is 6.29. The van der Waals surface area contributed by atoms with Gasteiger partial charge in [-0.1, -0.05) is 41.9 Å². The number of halogens is 1. The molecule has 0 unspecified atom stereocenters. The lowest BCUT2D eigenvalue weighted by atomic mass is 10.1. The van der Waals surface area contributed by atoms with Crippen molar-refractivity contribution in [3.05, 3.63) is 53.2 Å². The van der Waals surface area contributed by atoms with E-state index in [1.54, 1.807) is 6.07 Å². The molecule has 2 rings (SSSR count). The van der Waals surface area contributed by atoms with Crippen molar-refractivity contribution in [2.24, 2.45) is 0 Å². The van der Waals surface area contributed by atoms with E-state index in [9.17, 15) is 0 Å². The summed E-state index contributed by atoms with van der Waals surface area (Å²) in [4.78, 5) is 0. The Morgan fingerprint density at radius 3 is 2.53 bits per heavy atom. The maximum atomic E-state index is 5.65. The topological polar surface area (TPSA) is 37.8 Å². The van der Waals surface area contributed by atoms with Gasteiger partial charge in [-0.2, -0.15) is 0 Å². The van der Waals surface area contributed by atoms with Crippen molar-refractivity contribution < 1.29 is 0 Å². The first-order valence-electron chi connectivity index (χ1n) is 5.61. The van der Waals surface area contributed by atoms with Gasteiger partial charge in [0.15, 0.2) is 5.15 Å². The number of hydrogen-bond acceptors (Lipinski definition) is 3. The molecular formula is C13H14ClN3. The van der Waals surface area contributed by atoms with Crippen molar-refractivity contribution in [1.82, 2.24) is 10.2 Å². The van der Waals surface area contributed by atoms with Crippen LogP contribution in [0.1, 0.15) is 12.0 Å². The summed E-state index contributed by atoms with van der Waals surface area (Å²) < 4.78 is 0. The monoisotopic (exact) mass is 247 g/mol. The zero-order chi connectivity index (χ0) is 11.9. The lowest BCUT2D eigenvalue weighted by Crippen LogP contribution is -2.05. The second-order valence-corrected chi connectivity index (χ2v) is 4.14. The van der Waals surface area contributed by atoms with Crippen molar-refractivity contribution in [1.29, 1.82) is 0 Å². The van der Waals surface area contributed by atoms with Crippen LogP contribution >= 0.6 is 11.6 Å². The van der Waals surface area contributed by atoms with Gasteiger partial charge in [0, 0.05) is 6.54 Å². The van der Waals surface area contributed by atoms with E-state index in [0.717, 1.165) is 25.2 Å². The standard InChI is InChI=1S/C13H14ClN3/c14-12-8-9-13(17-16-12)15-10-4-7-11-5-2-1-3-6-11/h1-3,5-6,8-9H,4,7,10H2,(H,15,17). The van der Waals surface area contributed by atoms with Gasteiger partial charge in [-0.05, 0) is 30.5 Å². The van der Waals surface area contributed by atoms with Crippen LogP contribution in [0.15, 0.2) is 42.5 Å². The molecule has 0 aliphatic rings. The minimum atomic E-state index is 0.417. The number of nitrogens with one attached hydrogen (secondary N) is 1. The molecule has 4 heteroatoms. The Hall–Kier alpha value is -1.61. The molecule has 0 bridgehead atoms. The molecule has 1 N–H and O–H groups in total. The third kappa shape index (κ3) is 4.04. The van der Waals surface area contributed by atoms with Gasteiger partial charge in [0.05, 0.1) is 0 Å². The fourth-order valence-corrected chi connectivity index (χ4v) is 1.66. The molecule has 0 aliphatic heterocycles. The van der Waals surface area contributed by atoms with Crippen LogP contribution in [0.25, 0.3) is 0 Å². The maximum absolute atomic E-state index is 5.65. The second-order valence-electron chi connectivity index (χ2n) is 3.76. The van der Waals surface area contributed by atoms with Crippen molar-refractivity contribution >= 4 is 17.4 Å². The van der Waals surface area contributed by atoms with E-state index in [2.05, 4.69) is 39.8 Å². The van der Waals surface area contributed by atoms with Crippen molar-refractivity contribution in [3.63, 3.8) is 0 Å². The van der Waals surface area contributed by atoms with Crippen molar-refractivity contribution in [2.45, 2.75) is 12.8 Å². The highest BCUT2D eigenvalue weighted by Crippen LogP contribution is 2.07. The minimum absolute atomic E-state index is 0.417. The first-order chi connectivity index (χ1) is 8.34. The molecule has 0 aliphatic carbocycles. The summed E-state index contributed by atoms with van der Waals surface area (Å²) in [6.07, 6.45) is 2.13. The van der Waals surface area contributed by atoms with E-state index in [4.69, 9.17) is 11.6 Å². The number of anilines is 1. The summed E-state index contributed by atoms with van der Waals surface area (Å²) in [7, 11) is 0. The summed E-state index contributed by atoms with van der Waals surface area (Å²) in [5.41, 5.74) is 1.36. The van der Waals surface area contributed by atoms with E-state index >= 15 is 0 Å². The van der Waals surface area contributed by atoms with E-state index < -0.39 is 0 Å². The Labute approximate surface area is 106 Å². The third-order valence-electron chi connectivity index (χ3n) is 2.42. The number of benzene rings is 1. The normalized spacial score (nSPS) is 10.2. The quantitative estimate of drug-likeness (QED) is 0.825. The predicted octanol–water partition coefficient (Wildman–Crippen LogP) is 3.17. The number of rotatable bonds is 5. The van der Waals surface area contributed by atoms with E-state index in [0.29, 0.717) is 5.15 Å². The fourth-order valence-electron chi connectivity index (χ4n) is 1.56. The largest absolute Gasteiger partial charge is 0.369 e. The van der Waals surface area contributed by atoms with Crippen LogP contribution < -0.4 is 5.32 Å². The van der Waals surface area contributed by atoms with Crippen LogP contribution in [-0.4, -0.2) is 16.7 Å². The first kappa shape index (κ1) is 11.9. The molecular weight excluding hydrogens is 234 g/mol. The van der Waals surface area contributed by atoms with Crippen LogP contribution in [-0.2, 0) is 6.42 Å². The first-order valence-corrected chi connectivity index (χ1v) is 5.99. The Balaban J connectivity index is 1.71. The van der Waals surface area contributed by atoms with Gasteiger partial charge in [-0.15, -0.1) is 10.2 Å². The highest BCUT2D eigenvalue weighted by Gasteiger charge is 1.95. The predicted molar refractivity (Wildman–Crippen MR) is 70.3 cm³/mol. The number of nitrogens with zero attached hydrogens (tertiary/aromatic N) is 2. The molecule has 0 saturated carbocycles. The van der Waals surface area contributed by atoms with Crippen LogP contribution in [0.2, 0.25) is 5.15 Å². The Morgan fingerprint density at radius 1 is 1.00 bits per heavy atom. The van der Waals surface area contributed by atoms with E-state index in [-0.39, 0.29) is 0 Å². The number of aromatic nitrogens is 2. The molecule has 0 atom stereocenters. The molecule has 1 heterocycles. The van der Waals surface area contributed by atoms with Gasteiger partial charge >= 0.3 is 0 Å². The van der Waals surface area contributed by atoms with Gasteiger partial charge < -0.3 is 5.32 Å². The molecule has 2 aromatic rings. The fraction of sp³-hybridized carbons (Fsp3) is 0.231. The molecule has 3 nitrogen and oxygen atoms in total. The summed E-state index contributed by atoms with van der Waals surface area (Å²) in [6, 6.07) is 14.0. The molecule has 0 amide bonds. The van der Waals surface area contributed by atoms with Crippen LogP contribution in [0, 0.1) is 0 Å². The van der Waals surface area contributed by atoms with Crippen molar-refractivity contribution in [2.75, 3.05) is 11.9 Å². The lowest BCUT2D eigenvalue weighted by Gasteiger charge is -2.04. The second kappa shape index (κ2) is 6.21. The van der Waals surface area contributed by atoms with E-state index in [1.165, 1.54) is 5.56 Å². The zero-order valence-electron chi connectivity index (χ0n) is 9.44. The Bertz CT molecular complexity index is 442. The molecule has 1 aromatic heterocycles. The maximum Gasteiger partial charge on any atom is 0.151 e. The molecule has 88 valence electrons. The molecule has 0 fully saturated rings. The summed E-state index contributed by atoms with van der Waals surface area (Å²) in [5, 5.41) is 11.3. The van der Waals surface area contributed by atoms with Gasteiger partial charge in [-0.3, -0.25) is 0 Å². The van der Waals surface area contributed by atoms with Crippen LogP contribution in [0.3, 0.4) is 0 Å². The summed E-state index contributed by atoms with van der Waals surface area (Å²) >= 11 is 5.65. The van der Waals surface area contributed by atoms with Gasteiger partial charge in [0.25, 0.3) is 0 Å². The van der Waals surface area contributed by atoms with Gasteiger partial charge in [-0.25, -0.2) is 0 Å². The van der Waals surface area contributed by atoms with Crippen molar-refractivity contribution in [3.8, 4) is 0 Å². The summed E-state index contributed by atoms with van der Waals surface area (Å²) in [6.45, 7) is 0.880. The number of aryl methyl sites for hydroxylation is 1. The Morgan fingerprint density at radius 2 is 1.82 bits per heavy atom. The molecule has 17 heavy (non-hydrogen) atoms. The zero-order valence-corrected chi connectivity index (χ0v) is 10.2. The smallest absolute Gasteiger partial charge is 0.151 e. The van der Waals surface area contributed by atoms with Crippen LogP contribution in [0.5, 0.6) is 0 Å². The summed E-state index contributed by atoms with van der Waals surface area (Å²) in [5.74, 6) is 0.766. The third-order valence-corrected chi connectivity index (χ3v) is 2.62. The van der Waals surface area contributed by atoms with Gasteiger partial charge in [0.1, 0.15) is 5.82 Å². The average molecular weight is 248 g/mol. The van der Waals surface area contributed by atoms with E-state index in [1.807, 2.05) is 12.1 Å². The number of hydrogen-bond donors (Lipinski definition) is 1. The molecule has 0 spiro atoms. The lowest BCUT2D eigenvalue weighted by molar-refractivity contribution is 0.853. The minimum Gasteiger partial charge on any atom is -0.369 e. The Kier molecular flexibility index (Phi) is 4.33. The van der Waals surface area contributed by atoms with Crippen LogP contribution in [0.4, 0.5) is 5.82 Å².